The summed E-state index contributed by atoms with van der Waals surface area (Å²) < 4.78 is 37.9. The van der Waals surface area contributed by atoms with Crippen molar-refractivity contribution in [3.63, 3.8) is 0 Å². The molecule has 3 saturated heterocycles. The van der Waals surface area contributed by atoms with Gasteiger partial charge in [-0.25, -0.2) is 0 Å². The first kappa shape index (κ1) is 53.8. The van der Waals surface area contributed by atoms with Crippen LogP contribution in [0.15, 0.2) is 11.6 Å². The Balaban J connectivity index is 1.27. The van der Waals surface area contributed by atoms with Gasteiger partial charge in [0.05, 0.1) is 43.7 Å². The van der Waals surface area contributed by atoms with E-state index in [1.165, 1.54) is 0 Å². The number of aliphatic hydroxyl groups excluding tert-OH is 13. The van der Waals surface area contributed by atoms with Crippen LogP contribution in [0.25, 0.3) is 0 Å². The normalized spacial score (nSPS) is 52.9. The molecule has 4 aliphatic carbocycles. The summed E-state index contributed by atoms with van der Waals surface area (Å²) in [6.07, 6.45) is -20.0. The van der Waals surface area contributed by atoms with E-state index < -0.39 is 163 Å². The molecule has 0 bridgehead atoms. The highest BCUT2D eigenvalue weighted by Crippen LogP contribution is 2.76. The quantitative estimate of drug-likeness (QED) is 0.0773. The largest absolute Gasteiger partial charge is 0.394 e. The molecule has 19 heteroatoms. The molecule has 3 aliphatic heterocycles. The highest BCUT2D eigenvalue weighted by Gasteiger charge is 2.74. The van der Waals surface area contributed by atoms with Crippen molar-refractivity contribution in [3.05, 3.63) is 11.6 Å². The average Bonchev–Trinajstić information content (AvgIpc) is 3.66. The van der Waals surface area contributed by atoms with Crippen LogP contribution in [0.2, 0.25) is 0 Å². The minimum absolute atomic E-state index is 0.110. The number of fused-ring (bicyclic) bond motifs is 5. The van der Waals surface area contributed by atoms with Crippen molar-refractivity contribution >= 4 is 0 Å². The number of hydrogen-bond acceptors (Lipinski definition) is 19. The Hall–Kier alpha value is -1.02. The lowest BCUT2D eigenvalue weighted by molar-refractivity contribution is -0.383. The smallest absolute Gasteiger partial charge is 0.187 e. The fraction of sp³-hybridized carbons (Fsp3) is 0.958. The third kappa shape index (κ3) is 9.03. The maximum absolute atomic E-state index is 12.7. The van der Waals surface area contributed by atoms with Gasteiger partial charge in [0, 0.05) is 0 Å². The van der Waals surface area contributed by atoms with Gasteiger partial charge >= 0.3 is 0 Å². The van der Waals surface area contributed by atoms with E-state index in [0.29, 0.717) is 51.4 Å². The van der Waals surface area contributed by atoms with Gasteiger partial charge < -0.3 is 94.8 Å². The maximum atomic E-state index is 12.7. The molecule has 13 N–H and O–H groups in total. The standard InChI is InChI=1S/C48H82O19/c1-21(2)10-9-13-48(8,67-42-38(61)35(58)32(55)26(19-50)64-42)22-11-15-46(6)30(22)23(52)16-28-45(5)14-12-29(53)44(3,4)40(45)24(17-47(28,46)7)62-43-39(36(59)33(56)27(20-51)65-43)66-41-37(60)34(57)31(54)25(18-49)63-41/h10,22-43,49-61H,9,11-20H2,1-8H3/t22-,23+,24-,25+,26+,27+,28+,29-,30-,31+,32+,33+,34-,35-,36-,37+,38+,39+,40-,41-,42-,43+,45+,46+,47+,48?/m0/s1. The van der Waals surface area contributed by atoms with Gasteiger partial charge in [0.1, 0.15) is 73.2 Å². The van der Waals surface area contributed by atoms with Crippen molar-refractivity contribution in [1.29, 1.82) is 0 Å². The fourth-order valence-electron chi connectivity index (χ4n) is 14.9. The average molecular weight is 963 g/mol. The molecule has 0 amide bonds. The van der Waals surface area contributed by atoms with E-state index in [1.807, 2.05) is 34.6 Å². The van der Waals surface area contributed by atoms with Crippen LogP contribution in [0.1, 0.15) is 107 Å². The van der Waals surface area contributed by atoms with E-state index in [1.54, 1.807) is 0 Å². The predicted molar refractivity (Wildman–Crippen MR) is 235 cm³/mol. The number of hydrogen-bond donors (Lipinski definition) is 13. The van der Waals surface area contributed by atoms with Gasteiger partial charge in [-0.15, -0.1) is 0 Å². The number of rotatable bonds is 13. The zero-order valence-corrected chi connectivity index (χ0v) is 40.3. The second-order valence-corrected chi connectivity index (χ2v) is 23.1. The molecule has 388 valence electrons. The monoisotopic (exact) mass is 963 g/mol. The van der Waals surface area contributed by atoms with E-state index in [2.05, 4.69) is 26.8 Å². The van der Waals surface area contributed by atoms with E-state index in [9.17, 15) is 66.4 Å². The van der Waals surface area contributed by atoms with Crippen molar-refractivity contribution in [2.75, 3.05) is 19.8 Å². The first-order valence-corrected chi connectivity index (χ1v) is 24.5. The van der Waals surface area contributed by atoms with Crippen molar-refractivity contribution in [2.45, 2.75) is 223 Å². The molecule has 26 atom stereocenters. The Bertz CT molecular complexity index is 1710. The van der Waals surface area contributed by atoms with Crippen LogP contribution in [0.3, 0.4) is 0 Å². The van der Waals surface area contributed by atoms with Crippen LogP contribution < -0.4 is 0 Å². The molecular formula is C48H82O19. The molecule has 67 heavy (non-hydrogen) atoms. The minimum Gasteiger partial charge on any atom is -0.394 e. The molecule has 3 heterocycles. The lowest BCUT2D eigenvalue weighted by Gasteiger charge is -2.72. The molecule has 4 saturated carbocycles. The first-order valence-electron chi connectivity index (χ1n) is 24.5. The molecular weight excluding hydrogens is 881 g/mol. The van der Waals surface area contributed by atoms with Crippen LogP contribution in [0, 0.1) is 45.3 Å². The molecule has 7 aliphatic rings. The van der Waals surface area contributed by atoms with E-state index in [4.69, 9.17) is 28.4 Å². The van der Waals surface area contributed by atoms with Crippen LogP contribution in [0.5, 0.6) is 0 Å². The number of ether oxygens (including phenoxy) is 6. The Morgan fingerprint density at radius 2 is 1.18 bits per heavy atom. The van der Waals surface area contributed by atoms with Crippen LogP contribution in [-0.4, -0.2) is 202 Å². The lowest BCUT2D eigenvalue weighted by atomic mass is 9.34. The van der Waals surface area contributed by atoms with Gasteiger partial charge in [0.2, 0.25) is 0 Å². The molecule has 0 radical (unpaired) electrons. The van der Waals surface area contributed by atoms with Crippen molar-refractivity contribution in [3.8, 4) is 0 Å². The Kier molecular flexibility index (Phi) is 15.9. The summed E-state index contributed by atoms with van der Waals surface area (Å²) in [5.41, 5.74) is -2.56. The summed E-state index contributed by atoms with van der Waals surface area (Å²) in [6.45, 7) is 14.4. The summed E-state index contributed by atoms with van der Waals surface area (Å²) in [6, 6.07) is 0. The van der Waals surface area contributed by atoms with Gasteiger partial charge in [-0.2, -0.15) is 0 Å². The molecule has 0 aromatic carbocycles. The zero-order valence-electron chi connectivity index (χ0n) is 40.3. The van der Waals surface area contributed by atoms with E-state index >= 15 is 0 Å². The molecule has 7 fully saturated rings. The Morgan fingerprint density at radius 3 is 1.75 bits per heavy atom. The van der Waals surface area contributed by atoms with Gasteiger partial charge in [-0.1, -0.05) is 46.3 Å². The summed E-state index contributed by atoms with van der Waals surface area (Å²) >= 11 is 0. The molecule has 1 unspecified atom stereocenters. The van der Waals surface area contributed by atoms with Crippen LogP contribution in [0.4, 0.5) is 0 Å². The topological polar surface area (TPSA) is 318 Å². The molecule has 0 spiro atoms. The van der Waals surface area contributed by atoms with Gasteiger partial charge in [0.15, 0.2) is 18.9 Å². The highest BCUT2D eigenvalue weighted by atomic mass is 16.8. The Labute approximate surface area is 393 Å². The molecule has 0 aromatic heterocycles. The summed E-state index contributed by atoms with van der Waals surface area (Å²) in [4.78, 5) is 0. The maximum Gasteiger partial charge on any atom is 0.187 e. The SMILES string of the molecule is CC(C)=CCCC(C)(O[C@@H]1O[C@H](CO)[C@@H](O)[C@H](O)[C@H]1O)[C@H]1CC[C@]2(C)[C@@H]1[C@H](O)C[C@@H]1[C@@]3(C)CC[C@H](O)C(C)(C)[C@@H]3[C@@H](O[C@@H]3O[C@H](CO)[C@@H](O)[C@H](O)[C@H]3O[C@@H]3O[C@H](CO)[C@@H](O)[C@H](O)[C@H]3O)C[C@]12C. The molecule has 19 nitrogen and oxygen atoms in total. The third-order valence-corrected chi connectivity index (χ3v) is 18.7. The Morgan fingerprint density at radius 1 is 0.642 bits per heavy atom. The minimum atomic E-state index is -1.86. The van der Waals surface area contributed by atoms with Gasteiger partial charge in [-0.05, 0) is 117 Å². The first-order chi connectivity index (χ1) is 31.3. The zero-order chi connectivity index (χ0) is 49.5. The number of allylic oxidation sites excluding steroid dienone is 2. The van der Waals surface area contributed by atoms with Crippen molar-refractivity contribution in [1.82, 2.24) is 0 Å². The molecule has 0 aromatic rings. The second kappa shape index (κ2) is 19.8. The van der Waals surface area contributed by atoms with Crippen molar-refractivity contribution in [2.24, 2.45) is 45.3 Å². The summed E-state index contributed by atoms with van der Waals surface area (Å²) in [7, 11) is 0. The lowest BCUT2D eigenvalue weighted by Crippen LogP contribution is -2.71. The van der Waals surface area contributed by atoms with E-state index in [0.717, 1.165) is 5.57 Å². The number of aliphatic hydroxyl groups is 13. The fourth-order valence-corrected chi connectivity index (χ4v) is 14.9. The van der Waals surface area contributed by atoms with Gasteiger partial charge in [-0.3, -0.25) is 0 Å². The van der Waals surface area contributed by atoms with Crippen molar-refractivity contribution < 1.29 is 94.8 Å². The third-order valence-electron chi connectivity index (χ3n) is 18.7. The van der Waals surface area contributed by atoms with Gasteiger partial charge in [0.25, 0.3) is 0 Å². The van der Waals surface area contributed by atoms with E-state index in [-0.39, 0.29) is 17.8 Å². The predicted octanol–water partition coefficient (Wildman–Crippen LogP) is -1.06. The molecule has 7 rings (SSSR count). The second-order valence-electron chi connectivity index (χ2n) is 23.1. The summed E-state index contributed by atoms with van der Waals surface area (Å²) in [5.74, 6) is -1.22. The highest BCUT2D eigenvalue weighted by molar-refractivity contribution is 5.22. The van der Waals surface area contributed by atoms with Crippen LogP contribution >= 0.6 is 0 Å². The van der Waals surface area contributed by atoms with Crippen LogP contribution in [-0.2, 0) is 28.4 Å². The summed E-state index contributed by atoms with van der Waals surface area (Å²) in [5, 5.41) is 142.